The molecule has 0 fully saturated rings. The summed E-state index contributed by atoms with van der Waals surface area (Å²) < 4.78 is 10.4. The van der Waals surface area contributed by atoms with E-state index in [9.17, 15) is 9.59 Å². The molecule has 1 N–H and O–H groups in total. The van der Waals surface area contributed by atoms with Crippen molar-refractivity contribution in [1.82, 2.24) is 5.43 Å². The van der Waals surface area contributed by atoms with Gasteiger partial charge in [0.25, 0.3) is 0 Å². The number of hydrazone groups is 1. The Bertz CT molecular complexity index is 1060. The first kappa shape index (κ1) is 21.5. The SMILES string of the molecule is COc1ccc(C=CC(=O)Oc2ccc(C=NNC(=O)Cc3ccccc3)cc2)cc1. The molecule has 3 rings (SSSR count). The molecule has 0 unspecified atom stereocenters. The number of carbonyl (C=O) groups excluding carboxylic acids is 2. The lowest BCUT2D eigenvalue weighted by atomic mass is 10.1. The van der Waals surface area contributed by atoms with Crippen LogP contribution in [0.2, 0.25) is 0 Å². The number of benzene rings is 3. The Kier molecular flexibility index (Phi) is 7.71. The van der Waals surface area contributed by atoms with Gasteiger partial charge in [0, 0.05) is 6.08 Å². The Labute approximate surface area is 180 Å². The number of methoxy groups -OCH3 is 1. The zero-order valence-electron chi connectivity index (χ0n) is 17.0. The maximum atomic E-state index is 12.0. The third-order valence-corrected chi connectivity index (χ3v) is 4.24. The highest BCUT2D eigenvalue weighted by Gasteiger charge is 2.02. The Morgan fingerprint density at radius 2 is 1.52 bits per heavy atom. The average Bonchev–Trinajstić information content (AvgIpc) is 2.80. The van der Waals surface area contributed by atoms with Gasteiger partial charge in [-0.1, -0.05) is 42.5 Å². The van der Waals surface area contributed by atoms with Gasteiger partial charge >= 0.3 is 5.97 Å². The molecule has 3 aromatic carbocycles. The van der Waals surface area contributed by atoms with Crippen LogP contribution in [-0.2, 0) is 16.0 Å². The van der Waals surface area contributed by atoms with Gasteiger partial charge < -0.3 is 9.47 Å². The van der Waals surface area contributed by atoms with Crippen LogP contribution in [0.4, 0.5) is 0 Å². The molecule has 0 aliphatic rings. The van der Waals surface area contributed by atoms with Crippen LogP contribution in [0.1, 0.15) is 16.7 Å². The third-order valence-electron chi connectivity index (χ3n) is 4.24. The molecule has 0 radical (unpaired) electrons. The maximum Gasteiger partial charge on any atom is 0.336 e. The highest BCUT2D eigenvalue weighted by Crippen LogP contribution is 2.14. The summed E-state index contributed by atoms with van der Waals surface area (Å²) in [5, 5.41) is 3.95. The molecule has 156 valence electrons. The van der Waals surface area contributed by atoms with E-state index in [1.165, 1.54) is 12.3 Å². The van der Waals surface area contributed by atoms with Crippen LogP contribution in [-0.4, -0.2) is 25.2 Å². The maximum absolute atomic E-state index is 12.0. The van der Waals surface area contributed by atoms with Gasteiger partial charge in [0.05, 0.1) is 19.7 Å². The minimum Gasteiger partial charge on any atom is -0.497 e. The molecule has 6 nitrogen and oxygen atoms in total. The summed E-state index contributed by atoms with van der Waals surface area (Å²) in [6, 6.07) is 23.5. The summed E-state index contributed by atoms with van der Waals surface area (Å²) in [5.74, 6) is 0.482. The molecule has 0 aliphatic carbocycles. The normalized spacial score (nSPS) is 10.9. The van der Waals surface area contributed by atoms with Crippen LogP contribution in [0.25, 0.3) is 6.08 Å². The first-order valence-electron chi connectivity index (χ1n) is 9.62. The van der Waals surface area contributed by atoms with E-state index < -0.39 is 5.97 Å². The summed E-state index contributed by atoms with van der Waals surface area (Å²) in [6.45, 7) is 0. The van der Waals surface area contributed by atoms with Crippen molar-refractivity contribution < 1.29 is 19.1 Å². The van der Waals surface area contributed by atoms with Crippen molar-refractivity contribution in [2.45, 2.75) is 6.42 Å². The molecule has 0 saturated carbocycles. The van der Waals surface area contributed by atoms with Gasteiger partial charge in [-0.15, -0.1) is 0 Å². The lowest BCUT2D eigenvalue weighted by molar-refractivity contribution is -0.129. The van der Waals surface area contributed by atoms with Crippen molar-refractivity contribution in [3.8, 4) is 11.5 Å². The number of ether oxygens (including phenoxy) is 2. The molecule has 0 heterocycles. The fourth-order valence-corrected chi connectivity index (χ4v) is 2.65. The van der Waals surface area contributed by atoms with Gasteiger partial charge in [-0.2, -0.15) is 5.10 Å². The second-order valence-corrected chi connectivity index (χ2v) is 6.55. The van der Waals surface area contributed by atoms with Gasteiger partial charge in [-0.05, 0) is 59.2 Å². The van der Waals surface area contributed by atoms with Crippen molar-refractivity contribution in [3.63, 3.8) is 0 Å². The van der Waals surface area contributed by atoms with Crippen molar-refractivity contribution in [1.29, 1.82) is 0 Å². The van der Waals surface area contributed by atoms with E-state index in [1.807, 2.05) is 54.6 Å². The fourth-order valence-electron chi connectivity index (χ4n) is 2.65. The number of esters is 1. The van der Waals surface area contributed by atoms with E-state index in [0.29, 0.717) is 5.75 Å². The van der Waals surface area contributed by atoms with Crippen LogP contribution in [0.15, 0.2) is 90.0 Å². The molecule has 0 bridgehead atoms. The molecular weight excluding hydrogens is 392 g/mol. The summed E-state index contributed by atoms with van der Waals surface area (Å²) >= 11 is 0. The average molecular weight is 414 g/mol. The van der Waals surface area contributed by atoms with E-state index in [1.54, 1.807) is 37.5 Å². The molecule has 0 spiro atoms. The Hall–Kier alpha value is -4.19. The smallest absolute Gasteiger partial charge is 0.336 e. The molecule has 0 saturated heterocycles. The van der Waals surface area contributed by atoms with Crippen LogP contribution < -0.4 is 14.9 Å². The second-order valence-electron chi connectivity index (χ2n) is 6.55. The molecule has 3 aromatic rings. The lowest BCUT2D eigenvalue weighted by Crippen LogP contribution is -2.19. The number of nitrogens with zero attached hydrogens (tertiary/aromatic N) is 1. The molecule has 0 aliphatic heterocycles. The van der Waals surface area contributed by atoms with E-state index in [2.05, 4.69) is 10.5 Å². The Morgan fingerprint density at radius 3 is 2.19 bits per heavy atom. The topological polar surface area (TPSA) is 77.0 Å². The van der Waals surface area contributed by atoms with Crippen LogP contribution in [0, 0.1) is 0 Å². The zero-order valence-corrected chi connectivity index (χ0v) is 17.0. The number of carbonyl (C=O) groups is 2. The number of nitrogens with one attached hydrogen (secondary N) is 1. The van der Waals surface area contributed by atoms with Crippen LogP contribution in [0.5, 0.6) is 11.5 Å². The van der Waals surface area contributed by atoms with Crippen molar-refractivity contribution >= 4 is 24.2 Å². The Morgan fingerprint density at radius 1 is 0.871 bits per heavy atom. The highest BCUT2D eigenvalue weighted by molar-refractivity contribution is 5.89. The number of hydrogen-bond donors (Lipinski definition) is 1. The Balaban J connectivity index is 1.46. The second kappa shape index (κ2) is 11.1. The minimum atomic E-state index is -0.481. The first-order valence-corrected chi connectivity index (χ1v) is 9.62. The summed E-state index contributed by atoms with van der Waals surface area (Å²) in [5.41, 5.74) is 5.03. The fraction of sp³-hybridized carbons (Fsp3) is 0.0800. The van der Waals surface area contributed by atoms with Crippen molar-refractivity contribution in [3.05, 3.63) is 102 Å². The first-order chi connectivity index (χ1) is 15.1. The van der Waals surface area contributed by atoms with Gasteiger partial charge in [0.1, 0.15) is 11.5 Å². The summed E-state index contributed by atoms with van der Waals surface area (Å²) in [4.78, 5) is 23.9. The lowest BCUT2D eigenvalue weighted by Gasteiger charge is -2.02. The van der Waals surface area contributed by atoms with Crippen LogP contribution >= 0.6 is 0 Å². The van der Waals surface area contributed by atoms with Crippen LogP contribution in [0.3, 0.4) is 0 Å². The zero-order chi connectivity index (χ0) is 21.9. The highest BCUT2D eigenvalue weighted by atomic mass is 16.5. The molecular formula is C25H22N2O4. The number of amides is 1. The van der Waals surface area contributed by atoms with E-state index in [0.717, 1.165) is 22.4 Å². The molecule has 6 heteroatoms. The van der Waals surface area contributed by atoms with E-state index in [-0.39, 0.29) is 12.3 Å². The summed E-state index contributed by atoms with van der Waals surface area (Å²) in [6.07, 6.45) is 4.82. The third kappa shape index (κ3) is 7.29. The monoisotopic (exact) mass is 414 g/mol. The summed E-state index contributed by atoms with van der Waals surface area (Å²) in [7, 11) is 1.60. The molecule has 1 amide bonds. The number of hydrogen-bond acceptors (Lipinski definition) is 5. The molecule has 31 heavy (non-hydrogen) atoms. The van der Waals surface area contributed by atoms with Gasteiger partial charge in [0.2, 0.25) is 5.91 Å². The minimum absolute atomic E-state index is 0.198. The van der Waals surface area contributed by atoms with Gasteiger partial charge in [-0.25, -0.2) is 10.2 Å². The predicted molar refractivity (Wildman–Crippen MR) is 120 cm³/mol. The molecule has 0 atom stereocenters. The van der Waals surface area contributed by atoms with Gasteiger partial charge in [-0.3, -0.25) is 4.79 Å². The van der Waals surface area contributed by atoms with Crippen molar-refractivity contribution in [2.24, 2.45) is 5.10 Å². The quantitative estimate of drug-likeness (QED) is 0.199. The number of rotatable bonds is 8. The predicted octanol–water partition coefficient (Wildman–Crippen LogP) is 4.01. The van der Waals surface area contributed by atoms with E-state index >= 15 is 0 Å². The van der Waals surface area contributed by atoms with Crippen molar-refractivity contribution in [2.75, 3.05) is 7.11 Å². The molecule has 0 aromatic heterocycles. The largest absolute Gasteiger partial charge is 0.497 e. The standard InChI is InChI=1S/C25H22N2O4/c1-30-22-12-7-19(8-13-22)11-16-25(29)31-23-14-9-21(10-15-23)18-26-27-24(28)17-20-5-3-2-4-6-20/h2-16,18H,17H2,1H3,(H,27,28). The van der Waals surface area contributed by atoms with Gasteiger partial charge in [0.15, 0.2) is 0 Å². The van der Waals surface area contributed by atoms with E-state index in [4.69, 9.17) is 9.47 Å².